The maximum Gasteiger partial charge on any atom is 0.289 e. The number of aromatic nitrogens is 1. The second kappa shape index (κ2) is 7.08. The van der Waals surface area contributed by atoms with E-state index in [2.05, 4.69) is 15.2 Å². The lowest BCUT2D eigenvalue weighted by Gasteiger charge is -2.48. The number of hydrogen-bond donors (Lipinski definition) is 1. The molecule has 0 aromatic carbocycles. The SMILES string of the molecule is Cc1nc(C2CC2)oc1C(=O)NCC1(N2CCCCC2)CCOCC1. The van der Waals surface area contributed by atoms with Crippen LogP contribution in [0.3, 0.4) is 0 Å². The number of piperidine rings is 1. The summed E-state index contributed by atoms with van der Waals surface area (Å²) in [5.41, 5.74) is 0.736. The van der Waals surface area contributed by atoms with Crippen molar-refractivity contribution in [1.82, 2.24) is 15.2 Å². The van der Waals surface area contributed by atoms with Crippen LogP contribution >= 0.6 is 0 Å². The molecule has 4 rings (SSSR count). The molecule has 1 amide bonds. The van der Waals surface area contributed by atoms with Gasteiger partial charge >= 0.3 is 0 Å². The summed E-state index contributed by atoms with van der Waals surface area (Å²) in [4.78, 5) is 19.7. The van der Waals surface area contributed by atoms with Gasteiger partial charge in [0.15, 0.2) is 5.89 Å². The molecule has 3 aliphatic rings. The standard InChI is InChI=1S/C19H29N3O3/c1-14-16(25-18(21-14)15-5-6-15)17(23)20-13-19(7-11-24-12-8-19)22-9-3-2-4-10-22/h15H,2-13H2,1H3,(H,20,23). The first kappa shape index (κ1) is 17.0. The van der Waals surface area contributed by atoms with Crippen molar-refractivity contribution in [2.75, 3.05) is 32.8 Å². The van der Waals surface area contributed by atoms with Gasteiger partial charge in [0.05, 0.1) is 5.69 Å². The van der Waals surface area contributed by atoms with E-state index >= 15 is 0 Å². The van der Waals surface area contributed by atoms with Gasteiger partial charge < -0.3 is 14.5 Å². The maximum absolute atomic E-state index is 12.7. The number of ether oxygens (including phenoxy) is 1. The van der Waals surface area contributed by atoms with E-state index in [0.29, 0.717) is 23.9 Å². The molecule has 0 spiro atoms. The molecular formula is C19H29N3O3. The number of nitrogens with one attached hydrogen (secondary N) is 1. The van der Waals surface area contributed by atoms with Crippen LogP contribution < -0.4 is 5.32 Å². The maximum atomic E-state index is 12.7. The van der Waals surface area contributed by atoms with E-state index in [0.717, 1.165) is 57.9 Å². The second-order valence-corrected chi connectivity index (χ2v) is 7.81. The van der Waals surface area contributed by atoms with Crippen molar-refractivity contribution in [2.24, 2.45) is 0 Å². The first-order chi connectivity index (χ1) is 12.2. The minimum atomic E-state index is -0.125. The molecule has 1 aliphatic carbocycles. The average Bonchev–Trinajstić information content (AvgIpc) is 3.43. The van der Waals surface area contributed by atoms with Crippen LogP contribution in [0.2, 0.25) is 0 Å². The second-order valence-electron chi connectivity index (χ2n) is 7.81. The van der Waals surface area contributed by atoms with Crippen LogP contribution in [0.4, 0.5) is 0 Å². The summed E-state index contributed by atoms with van der Waals surface area (Å²) in [6.45, 7) is 6.33. The van der Waals surface area contributed by atoms with Crippen LogP contribution in [0, 0.1) is 6.92 Å². The zero-order chi connectivity index (χ0) is 17.3. The summed E-state index contributed by atoms with van der Waals surface area (Å²) in [6.07, 6.45) is 8.03. The molecule has 6 nitrogen and oxygen atoms in total. The molecule has 0 unspecified atom stereocenters. The minimum Gasteiger partial charge on any atom is -0.435 e. The van der Waals surface area contributed by atoms with Crippen LogP contribution in [0.25, 0.3) is 0 Å². The number of amides is 1. The topological polar surface area (TPSA) is 67.6 Å². The lowest BCUT2D eigenvalue weighted by atomic mass is 9.86. The van der Waals surface area contributed by atoms with Crippen LogP contribution in [-0.2, 0) is 4.74 Å². The molecular weight excluding hydrogens is 318 g/mol. The van der Waals surface area contributed by atoms with Gasteiger partial charge in [-0.05, 0) is 58.5 Å². The van der Waals surface area contributed by atoms with E-state index in [9.17, 15) is 4.79 Å². The van der Waals surface area contributed by atoms with Crippen LogP contribution in [-0.4, -0.2) is 54.2 Å². The van der Waals surface area contributed by atoms with Crippen LogP contribution in [0.1, 0.15) is 73.0 Å². The highest BCUT2D eigenvalue weighted by atomic mass is 16.5. The van der Waals surface area contributed by atoms with Crippen molar-refractivity contribution in [2.45, 2.75) is 63.3 Å². The van der Waals surface area contributed by atoms with Gasteiger partial charge in [-0.3, -0.25) is 9.69 Å². The fourth-order valence-corrected chi connectivity index (χ4v) is 4.18. The number of carbonyl (C=O) groups is 1. The molecule has 0 atom stereocenters. The number of likely N-dealkylation sites (tertiary alicyclic amines) is 1. The fraction of sp³-hybridized carbons (Fsp3) is 0.789. The van der Waals surface area contributed by atoms with E-state index in [4.69, 9.17) is 9.15 Å². The molecule has 3 heterocycles. The molecule has 2 aliphatic heterocycles. The molecule has 1 aromatic rings. The third-order valence-electron chi connectivity index (χ3n) is 5.97. The zero-order valence-electron chi connectivity index (χ0n) is 15.2. The monoisotopic (exact) mass is 347 g/mol. The number of rotatable bonds is 5. The van der Waals surface area contributed by atoms with E-state index in [-0.39, 0.29) is 11.4 Å². The molecule has 3 fully saturated rings. The molecule has 1 aromatic heterocycles. The van der Waals surface area contributed by atoms with Gasteiger partial charge in [0, 0.05) is 31.2 Å². The Morgan fingerprint density at radius 3 is 2.64 bits per heavy atom. The van der Waals surface area contributed by atoms with E-state index < -0.39 is 0 Å². The molecule has 2 saturated heterocycles. The molecule has 1 saturated carbocycles. The van der Waals surface area contributed by atoms with Crippen molar-refractivity contribution in [3.63, 3.8) is 0 Å². The predicted octanol–water partition coefficient (Wildman–Crippen LogP) is 2.63. The van der Waals surface area contributed by atoms with Crippen molar-refractivity contribution in [3.8, 4) is 0 Å². The Bertz CT molecular complexity index is 611. The summed E-state index contributed by atoms with van der Waals surface area (Å²) < 4.78 is 11.4. The summed E-state index contributed by atoms with van der Waals surface area (Å²) in [6, 6.07) is 0. The lowest BCUT2D eigenvalue weighted by Crippen LogP contribution is -2.59. The van der Waals surface area contributed by atoms with E-state index in [1.807, 2.05) is 6.92 Å². The third-order valence-corrected chi connectivity index (χ3v) is 5.97. The highest BCUT2D eigenvalue weighted by molar-refractivity contribution is 5.92. The highest BCUT2D eigenvalue weighted by Gasteiger charge is 2.39. The number of carbonyl (C=O) groups excluding carboxylic acids is 1. The molecule has 1 N–H and O–H groups in total. The first-order valence-corrected chi connectivity index (χ1v) is 9.76. The lowest BCUT2D eigenvalue weighted by molar-refractivity contribution is -0.0349. The van der Waals surface area contributed by atoms with Crippen molar-refractivity contribution < 1.29 is 13.9 Å². The van der Waals surface area contributed by atoms with Gasteiger partial charge in [-0.25, -0.2) is 4.98 Å². The summed E-state index contributed by atoms with van der Waals surface area (Å²) >= 11 is 0. The smallest absolute Gasteiger partial charge is 0.289 e. The quantitative estimate of drug-likeness (QED) is 0.887. The normalized spacial score (nSPS) is 24.2. The Balaban J connectivity index is 1.44. The largest absolute Gasteiger partial charge is 0.435 e. The number of oxazole rings is 1. The molecule has 0 radical (unpaired) electrons. The van der Waals surface area contributed by atoms with Gasteiger partial charge in [0.1, 0.15) is 0 Å². The molecule has 0 bridgehead atoms. The first-order valence-electron chi connectivity index (χ1n) is 9.76. The van der Waals surface area contributed by atoms with Crippen LogP contribution in [0.5, 0.6) is 0 Å². The molecule has 138 valence electrons. The van der Waals surface area contributed by atoms with Crippen LogP contribution in [0.15, 0.2) is 4.42 Å². The Morgan fingerprint density at radius 1 is 1.24 bits per heavy atom. The Labute approximate surface area is 149 Å². The third kappa shape index (κ3) is 3.60. The number of aryl methyl sites for hydroxylation is 1. The van der Waals surface area contributed by atoms with Crippen molar-refractivity contribution in [1.29, 1.82) is 0 Å². The average molecular weight is 347 g/mol. The van der Waals surface area contributed by atoms with Gasteiger partial charge in [0.2, 0.25) is 5.76 Å². The molecule has 6 heteroatoms. The summed E-state index contributed by atoms with van der Waals surface area (Å²) in [7, 11) is 0. The van der Waals surface area contributed by atoms with E-state index in [1.54, 1.807) is 0 Å². The highest BCUT2D eigenvalue weighted by Crippen LogP contribution is 2.40. The van der Waals surface area contributed by atoms with E-state index in [1.165, 1.54) is 19.3 Å². The van der Waals surface area contributed by atoms with Gasteiger partial charge in [-0.1, -0.05) is 6.42 Å². The Hall–Kier alpha value is -1.40. The zero-order valence-corrected chi connectivity index (χ0v) is 15.2. The number of hydrogen-bond acceptors (Lipinski definition) is 5. The summed E-state index contributed by atoms with van der Waals surface area (Å²) in [5, 5.41) is 3.15. The minimum absolute atomic E-state index is 0.0293. The van der Waals surface area contributed by atoms with Gasteiger partial charge in [0.25, 0.3) is 5.91 Å². The predicted molar refractivity (Wildman–Crippen MR) is 93.8 cm³/mol. The van der Waals surface area contributed by atoms with Crippen molar-refractivity contribution in [3.05, 3.63) is 17.3 Å². The van der Waals surface area contributed by atoms with Gasteiger partial charge in [-0.15, -0.1) is 0 Å². The molecule has 25 heavy (non-hydrogen) atoms. The number of nitrogens with zero attached hydrogens (tertiary/aromatic N) is 2. The Kier molecular flexibility index (Phi) is 4.82. The fourth-order valence-electron chi connectivity index (χ4n) is 4.18. The van der Waals surface area contributed by atoms with Crippen molar-refractivity contribution >= 4 is 5.91 Å². The van der Waals surface area contributed by atoms with Gasteiger partial charge in [-0.2, -0.15) is 0 Å². The Morgan fingerprint density at radius 2 is 1.96 bits per heavy atom. The summed E-state index contributed by atoms with van der Waals surface area (Å²) in [5.74, 6) is 1.43.